The van der Waals surface area contributed by atoms with Crippen LogP contribution in [0, 0.1) is 0 Å². The van der Waals surface area contributed by atoms with Crippen LogP contribution in [-0.4, -0.2) is 42.0 Å². The Kier molecular flexibility index (Phi) is 6.28. The molecule has 0 saturated heterocycles. The maximum atomic E-state index is 12.2. The molecule has 1 aromatic rings. The summed E-state index contributed by atoms with van der Waals surface area (Å²) in [6.07, 6.45) is -0.338. The fourth-order valence-corrected chi connectivity index (χ4v) is 2.77. The number of fused-ring (bicyclic) bond motifs is 1. The Morgan fingerprint density at radius 3 is 2.57 bits per heavy atom. The average Bonchev–Trinajstić information content (AvgIpc) is 2.37. The van der Waals surface area contributed by atoms with E-state index >= 15 is 0 Å². The molecule has 0 amide bonds. The summed E-state index contributed by atoms with van der Waals surface area (Å²) in [6.45, 7) is 3.44. The van der Waals surface area contributed by atoms with Gasteiger partial charge in [0, 0.05) is 12.0 Å². The van der Waals surface area contributed by atoms with Crippen LogP contribution < -0.4 is 39.0 Å². The second kappa shape index (κ2) is 7.08. The summed E-state index contributed by atoms with van der Waals surface area (Å²) in [4.78, 5) is 12.2. The third-order valence-corrected chi connectivity index (χ3v) is 4.25. The van der Waals surface area contributed by atoms with E-state index in [0.717, 1.165) is 0 Å². The molecule has 23 heavy (non-hydrogen) atoms. The number of hydrogen-bond donors (Lipinski definition) is 1. The Balaban J connectivity index is 0.00000264. The molecule has 0 aliphatic carbocycles. The van der Waals surface area contributed by atoms with Gasteiger partial charge in [0.1, 0.15) is 32.7 Å². The van der Waals surface area contributed by atoms with Crippen molar-refractivity contribution < 1.29 is 61.9 Å². The van der Waals surface area contributed by atoms with E-state index in [-0.39, 0.29) is 64.4 Å². The molecule has 7 nitrogen and oxygen atoms in total. The monoisotopic (exact) mass is 352 g/mol. The topological polar surface area (TPSA) is 113 Å². The Labute approximate surface area is 157 Å². The van der Waals surface area contributed by atoms with Crippen molar-refractivity contribution in [2.75, 3.05) is 7.11 Å². The number of ether oxygens (including phenoxy) is 2. The number of methoxy groups -OCH3 is 1. The Morgan fingerprint density at radius 1 is 1.43 bits per heavy atom. The summed E-state index contributed by atoms with van der Waals surface area (Å²) in [6, 6.07) is 3.01. The van der Waals surface area contributed by atoms with Crippen LogP contribution in [0.1, 0.15) is 36.2 Å². The quantitative estimate of drug-likeness (QED) is 0.485. The molecule has 1 aliphatic rings. The van der Waals surface area contributed by atoms with E-state index in [1.807, 2.05) is 0 Å². The van der Waals surface area contributed by atoms with Crippen LogP contribution in [0.25, 0.3) is 0 Å². The van der Waals surface area contributed by atoms with Crippen molar-refractivity contribution in [3.63, 3.8) is 0 Å². The molecular formula is C14H17NaO7S. The molecule has 0 saturated carbocycles. The number of ketones is 1. The van der Waals surface area contributed by atoms with Gasteiger partial charge >= 0.3 is 29.6 Å². The number of carbonyl (C=O) groups excluding carboxylic acids is 1. The zero-order chi connectivity index (χ0) is 16.7. The van der Waals surface area contributed by atoms with Gasteiger partial charge in [0.2, 0.25) is 0 Å². The molecule has 9 heteroatoms. The third kappa shape index (κ3) is 4.46. The molecule has 1 unspecified atom stereocenters. The molecule has 1 atom stereocenters. The maximum Gasteiger partial charge on any atom is 1.00 e. The average molecular weight is 352 g/mol. The number of aliphatic hydroxyl groups excluding tert-OH is 1. The minimum absolute atomic E-state index is 0. The summed E-state index contributed by atoms with van der Waals surface area (Å²) in [5.41, 5.74) is -2.44. The molecule has 1 heterocycles. The van der Waals surface area contributed by atoms with Crippen molar-refractivity contribution in [1.29, 1.82) is 0 Å². The van der Waals surface area contributed by atoms with E-state index in [2.05, 4.69) is 0 Å². The largest absolute Gasteiger partial charge is 1.00 e. The molecule has 0 radical (unpaired) electrons. The van der Waals surface area contributed by atoms with E-state index in [1.54, 1.807) is 13.8 Å². The smallest absolute Gasteiger partial charge is 0.746 e. The summed E-state index contributed by atoms with van der Waals surface area (Å²) in [5, 5.41) is 9.56. The minimum Gasteiger partial charge on any atom is -0.746 e. The van der Waals surface area contributed by atoms with E-state index in [9.17, 15) is 22.9 Å². The minimum atomic E-state index is -4.89. The standard InChI is InChI=1S/C14H18O7S.Na/c1-14(2)7-10(15)8-4-5-11(20-3)9(13(8)21-14)6-12(16)22(17,18)19;/h4-5,12,16H,6-7H2,1-3H3,(H,17,18,19);/q;+1/p-1. The van der Waals surface area contributed by atoms with Crippen molar-refractivity contribution in [2.24, 2.45) is 0 Å². The van der Waals surface area contributed by atoms with Crippen molar-refractivity contribution in [1.82, 2.24) is 0 Å². The van der Waals surface area contributed by atoms with Crippen molar-refractivity contribution >= 4 is 15.9 Å². The zero-order valence-corrected chi connectivity index (χ0v) is 16.3. The van der Waals surface area contributed by atoms with Crippen LogP contribution in [0.5, 0.6) is 11.5 Å². The third-order valence-electron chi connectivity index (χ3n) is 3.41. The normalized spacial score (nSPS) is 17.5. The number of aliphatic hydroxyl groups is 1. The van der Waals surface area contributed by atoms with Gasteiger partial charge in [-0.05, 0) is 26.0 Å². The predicted molar refractivity (Wildman–Crippen MR) is 76.1 cm³/mol. The van der Waals surface area contributed by atoms with Gasteiger partial charge in [0.15, 0.2) is 5.78 Å². The fourth-order valence-electron chi connectivity index (χ4n) is 2.40. The van der Waals surface area contributed by atoms with Crippen molar-refractivity contribution in [3.8, 4) is 11.5 Å². The summed E-state index contributed by atoms with van der Waals surface area (Å²) in [7, 11) is -3.53. The second-order valence-corrected chi connectivity index (χ2v) is 7.27. The van der Waals surface area contributed by atoms with Gasteiger partial charge in [-0.15, -0.1) is 0 Å². The van der Waals surface area contributed by atoms with E-state index < -0.39 is 27.6 Å². The first-order valence-corrected chi connectivity index (χ1v) is 8.07. The van der Waals surface area contributed by atoms with Crippen molar-refractivity contribution in [3.05, 3.63) is 23.3 Å². The number of rotatable bonds is 4. The van der Waals surface area contributed by atoms with Crippen LogP contribution in [0.15, 0.2) is 12.1 Å². The van der Waals surface area contributed by atoms with Crippen LogP contribution in [0.3, 0.4) is 0 Å². The molecule has 0 spiro atoms. The Hall–Kier alpha value is -0.640. The Morgan fingerprint density at radius 2 is 2.04 bits per heavy atom. The SMILES string of the molecule is COc1ccc2c(c1CC(O)S(=O)(=O)[O-])OC(C)(C)CC2=O.[Na+]. The Bertz CT molecular complexity index is 712. The van der Waals surface area contributed by atoms with E-state index in [0.29, 0.717) is 0 Å². The molecule has 1 aromatic carbocycles. The van der Waals surface area contributed by atoms with Gasteiger partial charge in [-0.1, -0.05) is 0 Å². The molecule has 1 N–H and O–H groups in total. The molecule has 122 valence electrons. The molecule has 2 rings (SSSR count). The van der Waals surface area contributed by atoms with Gasteiger partial charge in [-0.3, -0.25) is 4.79 Å². The van der Waals surface area contributed by atoms with E-state index in [1.165, 1.54) is 19.2 Å². The molecule has 0 bridgehead atoms. The predicted octanol–water partition coefficient (Wildman–Crippen LogP) is -2.15. The number of hydrogen-bond acceptors (Lipinski definition) is 7. The molecule has 0 fully saturated rings. The summed E-state index contributed by atoms with van der Waals surface area (Å²) in [5.74, 6) is 0.241. The van der Waals surface area contributed by atoms with Crippen LogP contribution >= 0.6 is 0 Å². The molecule has 1 aliphatic heterocycles. The fraction of sp³-hybridized carbons (Fsp3) is 0.500. The van der Waals surface area contributed by atoms with Gasteiger partial charge in [0.05, 0.1) is 19.1 Å². The summed E-state index contributed by atoms with van der Waals surface area (Å²) < 4.78 is 43.7. The maximum absolute atomic E-state index is 12.2. The van der Waals surface area contributed by atoms with Crippen LogP contribution in [-0.2, 0) is 16.5 Å². The van der Waals surface area contributed by atoms with Crippen LogP contribution in [0.2, 0.25) is 0 Å². The zero-order valence-electron chi connectivity index (χ0n) is 13.5. The molecular weight excluding hydrogens is 335 g/mol. The first kappa shape index (κ1) is 20.4. The number of Topliss-reactive ketones (excluding diaryl/α,β-unsaturated/α-hetero) is 1. The first-order chi connectivity index (χ1) is 10.0. The van der Waals surface area contributed by atoms with Gasteiger partial charge < -0.3 is 19.1 Å². The first-order valence-electron chi connectivity index (χ1n) is 6.60. The van der Waals surface area contributed by atoms with Crippen LogP contribution in [0.4, 0.5) is 0 Å². The van der Waals surface area contributed by atoms with Gasteiger partial charge in [0.25, 0.3) is 0 Å². The number of benzene rings is 1. The molecule has 0 aromatic heterocycles. The van der Waals surface area contributed by atoms with Crippen molar-refractivity contribution in [2.45, 2.75) is 37.7 Å². The van der Waals surface area contributed by atoms with E-state index in [4.69, 9.17) is 9.47 Å². The van der Waals surface area contributed by atoms with Gasteiger partial charge in [-0.2, -0.15) is 0 Å². The summed E-state index contributed by atoms with van der Waals surface area (Å²) >= 11 is 0. The second-order valence-electron chi connectivity index (χ2n) is 5.74. The number of carbonyl (C=O) groups is 1. The van der Waals surface area contributed by atoms with Gasteiger partial charge in [-0.25, -0.2) is 8.42 Å².